The van der Waals surface area contributed by atoms with Crippen molar-refractivity contribution in [3.8, 4) is 5.75 Å². The number of halogens is 6. The molecule has 90 valence electrons. The van der Waals surface area contributed by atoms with Gasteiger partial charge >= 0.3 is 12.1 Å². The van der Waals surface area contributed by atoms with Gasteiger partial charge in [0.25, 0.3) is 0 Å². The van der Waals surface area contributed by atoms with Crippen molar-refractivity contribution in [2.75, 3.05) is 0 Å². The van der Waals surface area contributed by atoms with Gasteiger partial charge in [-0.25, -0.2) is 4.39 Å². The van der Waals surface area contributed by atoms with Gasteiger partial charge in [-0.1, -0.05) is 18.2 Å². The van der Waals surface area contributed by atoms with Gasteiger partial charge in [0.2, 0.25) is 6.17 Å². The molecule has 0 saturated heterocycles. The fraction of sp³-hybridized carbons (Fsp3) is 0.333. The molecule has 0 aliphatic heterocycles. The summed E-state index contributed by atoms with van der Waals surface area (Å²) in [6, 6.07) is 3.72. The van der Waals surface area contributed by atoms with E-state index in [1.165, 1.54) is 6.07 Å². The summed E-state index contributed by atoms with van der Waals surface area (Å²) in [4.78, 5) is 0. The smallest absolute Gasteiger partial charge is 0.456 e. The quantitative estimate of drug-likeness (QED) is 0.788. The van der Waals surface area contributed by atoms with Crippen LogP contribution < -0.4 is 0 Å². The zero-order valence-electron chi connectivity index (χ0n) is 7.60. The Balaban J connectivity index is 3.12. The van der Waals surface area contributed by atoms with E-state index >= 15 is 0 Å². The Morgan fingerprint density at radius 3 is 1.94 bits per heavy atom. The summed E-state index contributed by atoms with van der Waals surface area (Å²) in [6.07, 6.45) is -9.64. The largest absolute Gasteiger partial charge is 0.508 e. The van der Waals surface area contributed by atoms with Crippen LogP contribution in [-0.4, -0.2) is 17.2 Å². The van der Waals surface area contributed by atoms with Crippen molar-refractivity contribution >= 4 is 0 Å². The molecule has 0 saturated carbocycles. The highest BCUT2D eigenvalue weighted by Gasteiger charge is 2.64. The molecular formula is C9H6F6O. The molecule has 0 fully saturated rings. The van der Waals surface area contributed by atoms with Gasteiger partial charge < -0.3 is 5.11 Å². The first-order chi connectivity index (χ1) is 7.18. The molecular weight excluding hydrogens is 238 g/mol. The minimum Gasteiger partial charge on any atom is -0.508 e. The Morgan fingerprint density at radius 1 is 1.00 bits per heavy atom. The lowest BCUT2D eigenvalue weighted by molar-refractivity contribution is -0.305. The Kier molecular flexibility index (Phi) is 3.07. The van der Waals surface area contributed by atoms with Crippen molar-refractivity contribution in [1.29, 1.82) is 0 Å². The highest BCUT2D eigenvalue weighted by molar-refractivity contribution is 5.35. The number of hydrogen-bond donors (Lipinski definition) is 1. The minimum absolute atomic E-state index is 0.666. The predicted octanol–water partition coefficient (Wildman–Crippen LogP) is 3.60. The number of alkyl halides is 6. The number of benzene rings is 1. The number of aromatic hydroxyl groups is 1. The molecule has 1 aromatic rings. The van der Waals surface area contributed by atoms with E-state index in [2.05, 4.69) is 0 Å². The molecule has 0 radical (unpaired) electrons. The first kappa shape index (κ1) is 12.7. The van der Waals surface area contributed by atoms with E-state index in [4.69, 9.17) is 5.11 Å². The Hall–Kier alpha value is -1.40. The van der Waals surface area contributed by atoms with Gasteiger partial charge in [-0.15, -0.1) is 0 Å². The number of phenols is 1. The first-order valence-corrected chi connectivity index (χ1v) is 4.04. The zero-order valence-corrected chi connectivity index (χ0v) is 7.60. The van der Waals surface area contributed by atoms with Gasteiger partial charge in [-0.05, 0) is 6.07 Å². The Morgan fingerprint density at radius 2 is 1.50 bits per heavy atom. The highest BCUT2D eigenvalue weighted by atomic mass is 19.4. The molecule has 0 aromatic heterocycles. The molecule has 1 N–H and O–H groups in total. The summed E-state index contributed by atoms with van der Waals surface area (Å²) >= 11 is 0. The molecule has 16 heavy (non-hydrogen) atoms. The van der Waals surface area contributed by atoms with E-state index in [1.807, 2.05) is 0 Å². The molecule has 0 bridgehead atoms. The molecule has 1 aromatic carbocycles. The van der Waals surface area contributed by atoms with E-state index in [1.54, 1.807) is 0 Å². The molecule has 0 spiro atoms. The summed E-state index contributed by atoms with van der Waals surface area (Å²) < 4.78 is 73.7. The number of phenolic OH excluding ortho intramolecular Hbond substituents is 1. The minimum atomic E-state index is -6.01. The van der Waals surface area contributed by atoms with Crippen LogP contribution in [0.1, 0.15) is 11.7 Å². The van der Waals surface area contributed by atoms with E-state index in [-0.39, 0.29) is 0 Å². The SMILES string of the molecule is Oc1ccccc1C(F)C(F)(F)C(F)(F)F. The van der Waals surface area contributed by atoms with Crippen LogP contribution in [0, 0.1) is 0 Å². The standard InChI is InChI=1S/C9H6F6O/c10-7(8(11,12)9(13,14)15)5-3-1-2-4-6(5)16/h1-4,7,16H. The third-order valence-corrected chi connectivity index (χ3v) is 1.91. The van der Waals surface area contributed by atoms with Crippen LogP contribution in [-0.2, 0) is 0 Å². The first-order valence-electron chi connectivity index (χ1n) is 4.04. The van der Waals surface area contributed by atoms with Crippen LogP contribution in [0.2, 0.25) is 0 Å². The number of para-hydroxylation sites is 1. The lowest BCUT2D eigenvalue weighted by Crippen LogP contribution is -2.40. The predicted molar refractivity (Wildman–Crippen MR) is 43.0 cm³/mol. The van der Waals surface area contributed by atoms with Gasteiger partial charge in [-0.2, -0.15) is 22.0 Å². The lowest BCUT2D eigenvalue weighted by Gasteiger charge is -2.23. The second-order valence-electron chi connectivity index (χ2n) is 3.04. The summed E-state index contributed by atoms with van der Waals surface area (Å²) in [5, 5.41) is 8.97. The fourth-order valence-corrected chi connectivity index (χ4v) is 1.04. The van der Waals surface area contributed by atoms with Crippen LogP contribution in [0.3, 0.4) is 0 Å². The van der Waals surface area contributed by atoms with Gasteiger partial charge in [0.15, 0.2) is 0 Å². The monoisotopic (exact) mass is 244 g/mol. The van der Waals surface area contributed by atoms with Crippen molar-refractivity contribution in [3.05, 3.63) is 29.8 Å². The molecule has 0 heterocycles. The molecule has 1 atom stereocenters. The molecule has 7 heteroatoms. The normalized spacial score (nSPS) is 14.9. The summed E-state index contributed by atoms with van der Waals surface area (Å²) in [6.45, 7) is 0. The van der Waals surface area contributed by atoms with Crippen molar-refractivity contribution in [1.82, 2.24) is 0 Å². The summed E-state index contributed by atoms with van der Waals surface area (Å²) in [7, 11) is 0. The Bertz CT molecular complexity index is 373. The summed E-state index contributed by atoms with van der Waals surface area (Å²) in [5.74, 6) is -6.48. The molecule has 0 aliphatic rings. The molecule has 1 unspecified atom stereocenters. The van der Waals surface area contributed by atoms with Crippen molar-refractivity contribution in [3.63, 3.8) is 0 Å². The van der Waals surface area contributed by atoms with E-state index in [9.17, 15) is 26.3 Å². The maximum atomic E-state index is 13.0. The van der Waals surface area contributed by atoms with Gasteiger partial charge in [0, 0.05) is 5.56 Å². The second kappa shape index (κ2) is 3.88. The highest BCUT2D eigenvalue weighted by Crippen LogP contribution is 2.48. The van der Waals surface area contributed by atoms with E-state index in [0.717, 1.165) is 12.1 Å². The maximum absolute atomic E-state index is 13.0. The van der Waals surface area contributed by atoms with Gasteiger partial charge in [-0.3, -0.25) is 0 Å². The zero-order chi connectivity index (χ0) is 12.6. The third-order valence-electron chi connectivity index (χ3n) is 1.91. The molecule has 1 rings (SSSR count). The topological polar surface area (TPSA) is 20.2 Å². The molecule has 0 aliphatic carbocycles. The van der Waals surface area contributed by atoms with Crippen LogP contribution >= 0.6 is 0 Å². The third kappa shape index (κ3) is 2.07. The van der Waals surface area contributed by atoms with Crippen molar-refractivity contribution in [2.24, 2.45) is 0 Å². The van der Waals surface area contributed by atoms with Crippen LogP contribution in [0.4, 0.5) is 26.3 Å². The van der Waals surface area contributed by atoms with E-state index < -0.39 is 29.6 Å². The van der Waals surface area contributed by atoms with Crippen LogP contribution in [0.5, 0.6) is 5.75 Å². The number of rotatable bonds is 2. The van der Waals surface area contributed by atoms with Gasteiger partial charge in [0.1, 0.15) is 5.75 Å². The average molecular weight is 244 g/mol. The average Bonchev–Trinajstić information content (AvgIpc) is 2.15. The second-order valence-corrected chi connectivity index (χ2v) is 3.04. The summed E-state index contributed by atoms with van der Waals surface area (Å²) in [5.41, 5.74) is -1.09. The van der Waals surface area contributed by atoms with Gasteiger partial charge in [0.05, 0.1) is 0 Å². The van der Waals surface area contributed by atoms with Crippen LogP contribution in [0.15, 0.2) is 24.3 Å². The van der Waals surface area contributed by atoms with E-state index in [0.29, 0.717) is 6.07 Å². The van der Waals surface area contributed by atoms with Crippen molar-refractivity contribution in [2.45, 2.75) is 18.3 Å². The van der Waals surface area contributed by atoms with Crippen LogP contribution in [0.25, 0.3) is 0 Å². The molecule has 0 amide bonds. The Labute approximate surface area is 86.3 Å². The maximum Gasteiger partial charge on any atom is 0.456 e. The van der Waals surface area contributed by atoms with Crippen molar-refractivity contribution < 1.29 is 31.4 Å². The number of hydrogen-bond acceptors (Lipinski definition) is 1. The lowest BCUT2D eigenvalue weighted by atomic mass is 10.0. The fourth-order valence-electron chi connectivity index (χ4n) is 1.04. The molecule has 1 nitrogen and oxygen atoms in total.